The summed E-state index contributed by atoms with van der Waals surface area (Å²) < 4.78 is 12.5. The van der Waals surface area contributed by atoms with E-state index in [0.717, 1.165) is 55.5 Å². The molecule has 0 fully saturated rings. The zero-order chi connectivity index (χ0) is 39.6. The molecule has 10 aromatic rings. The van der Waals surface area contributed by atoms with Crippen LogP contribution in [0.2, 0.25) is 0 Å². The highest BCUT2D eigenvalue weighted by molar-refractivity contribution is 6.10. The first kappa shape index (κ1) is 33.9. The van der Waals surface area contributed by atoms with E-state index in [9.17, 15) is 0 Å². The third-order valence-corrected chi connectivity index (χ3v) is 13.1. The molecule has 2 heterocycles. The van der Waals surface area contributed by atoms with Crippen LogP contribution in [0.15, 0.2) is 179 Å². The number of rotatable bonds is 5. The number of furan rings is 1. The van der Waals surface area contributed by atoms with Crippen molar-refractivity contribution in [1.29, 1.82) is 0 Å². The summed E-state index contributed by atoms with van der Waals surface area (Å²) in [6, 6.07) is 61.3. The number of nitrogens with zero attached hydrogens (tertiary/aromatic N) is 2. The van der Waals surface area contributed by atoms with E-state index in [1.54, 1.807) is 0 Å². The van der Waals surface area contributed by atoms with Gasteiger partial charge in [0.1, 0.15) is 16.7 Å². The average Bonchev–Trinajstić information content (AvgIpc) is 3.98. The van der Waals surface area contributed by atoms with E-state index in [1.165, 1.54) is 50.2 Å². The maximum absolute atomic E-state index is 6.36. The van der Waals surface area contributed by atoms with Crippen LogP contribution in [0.5, 0.6) is 0 Å². The van der Waals surface area contributed by atoms with Gasteiger partial charge in [0, 0.05) is 50.2 Å². The Bertz CT molecular complexity index is 3330. The van der Waals surface area contributed by atoms with Crippen LogP contribution in [0.4, 0.5) is 17.1 Å². The highest BCUT2D eigenvalue weighted by atomic mass is 16.4. The molecule has 59 heavy (non-hydrogen) atoms. The Morgan fingerprint density at radius 3 is 1.88 bits per heavy atom. The molecular weight excluding hydrogens is 721 g/mol. The lowest BCUT2D eigenvalue weighted by Crippen LogP contribution is -2.17. The number of hydrogen-bond acceptors (Lipinski definition) is 4. The van der Waals surface area contributed by atoms with E-state index in [0.29, 0.717) is 11.5 Å². The molecule has 0 saturated heterocycles. The molecule has 282 valence electrons. The van der Waals surface area contributed by atoms with Gasteiger partial charge >= 0.3 is 0 Å². The topological polar surface area (TPSA) is 42.4 Å². The number of benzene rings is 8. The molecule has 0 unspecified atom stereocenters. The normalized spacial score (nSPS) is 14.4. The first-order chi connectivity index (χ1) is 28.7. The first-order valence-corrected chi connectivity index (χ1v) is 20.4. The van der Waals surface area contributed by atoms with Crippen molar-refractivity contribution < 1.29 is 8.83 Å². The van der Waals surface area contributed by atoms with Gasteiger partial charge in [-0.25, -0.2) is 4.98 Å². The number of oxazole rings is 1. The Hall–Kier alpha value is -7.17. The van der Waals surface area contributed by atoms with Crippen LogP contribution in [-0.4, -0.2) is 4.98 Å². The molecular formula is C55H40N2O2. The van der Waals surface area contributed by atoms with Crippen molar-refractivity contribution in [2.24, 2.45) is 0 Å². The molecule has 2 aromatic heterocycles. The Morgan fingerprint density at radius 1 is 0.424 bits per heavy atom. The summed E-state index contributed by atoms with van der Waals surface area (Å²) in [5.74, 6) is 0.606. The lowest BCUT2D eigenvalue weighted by Gasteiger charge is -2.30. The summed E-state index contributed by atoms with van der Waals surface area (Å²) in [4.78, 5) is 7.31. The van der Waals surface area contributed by atoms with Gasteiger partial charge in [0.05, 0.1) is 5.69 Å². The van der Waals surface area contributed by atoms with Crippen molar-refractivity contribution in [3.8, 4) is 44.8 Å². The largest absolute Gasteiger partial charge is 0.456 e. The molecule has 2 aliphatic rings. The second-order valence-electron chi connectivity index (χ2n) is 17.2. The molecule has 0 N–H and O–H groups in total. The van der Waals surface area contributed by atoms with E-state index in [1.807, 2.05) is 36.4 Å². The van der Waals surface area contributed by atoms with Gasteiger partial charge in [-0.1, -0.05) is 131 Å². The molecule has 0 aliphatic heterocycles. The number of anilines is 3. The van der Waals surface area contributed by atoms with Crippen molar-refractivity contribution in [2.45, 2.75) is 38.5 Å². The van der Waals surface area contributed by atoms with E-state index in [2.05, 4.69) is 166 Å². The minimum atomic E-state index is -0.121. The van der Waals surface area contributed by atoms with Gasteiger partial charge in [0.2, 0.25) is 5.89 Å². The van der Waals surface area contributed by atoms with Crippen molar-refractivity contribution >= 4 is 50.1 Å². The zero-order valence-corrected chi connectivity index (χ0v) is 33.4. The minimum Gasteiger partial charge on any atom is -0.456 e. The SMILES string of the molecule is CC1(C)c2ccccc2-c2ccc(N(c3ccc(-c4ccc5oc6cc7oc(-c8ccccc8)nc7cc6c5c4)cc3)c3cccc4c3-c3ccccc3C4(C)C)cc21. The van der Waals surface area contributed by atoms with Crippen LogP contribution in [0.25, 0.3) is 77.9 Å². The van der Waals surface area contributed by atoms with Crippen LogP contribution in [0.3, 0.4) is 0 Å². The number of fused-ring (bicyclic) bond motifs is 10. The average molecular weight is 761 g/mol. The van der Waals surface area contributed by atoms with Gasteiger partial charge < -0.3 is 13.7 Å². The Kier molecular flexibility index (Phi) is 7.00. The zero-order valence-electron chi connectivity index (χ0n) is 33.4. The summed E-state index contributed by atoms with van der Waals surface area (Å²) in [5, 5.41) is 2.07. The molecule has 4 nitrogen and oxygen atoms in total. The predicted molar refractivity (Wildman–Crippen MR) is 242 cm³/mol. The second-order valence-corrected chi connectivity index (χ2v) is 17.2. The Morgan fingerprint density at radius 2 is 1.07 bits per heavy atom. The van der Waals surface area contributed by atoms with Crippen molar-refractivity contribution in [2.75, 3.05) is 4.90 Å². The maximum atomic E-state index is 6.36. The van der Waals surface area contributed by atoms with Crippen molar-refractivity contribution in [1.82, 2.24) is 4.98 Å². The van der Waals surface area contributed by atoms with Crippen LogP contribution in [0.1, 0.15) is 49.9 Å². The summed E-state index contributed by atoms with van der Waals surface area (Å²) in [6.45, 7) is 9.42. The van der Waals surface area contributed by atoms with Gasteiger partial charge in [0.25, 0.3) is 0 Å². The molecule has 4 heteroatoms. The summed E-state index contributed by atoms with van der Waals surface area (Å²) >= 11 is 0. The van der Waals surface area contributed by atoms with E-state index in [-0.39, 0.29) is 10.8 Å². The molecule has 2 aliphatic carbocycles. The fourth-order valence-electron chi connectivity index (χ4n) is 10.1. The van der Waals surface area contributed by atoms with Crippen LogP contribution < -0.4 is 4.90 Å². The fraction of sp³-hybridized carbons (Fsp3) is 0.109. The lowest BCUT2D eigenvalue weighted by atomic mass is 9.82. The molecule has 0 spiro atoms. The van der Waals surface area contributed by atoms with Crippen molar-refractivity contribution in [3.63, 3.8) is 0 Å². The highest BCUT2D eigenvalue weighted by Gasteiger charge is 2.39. The van der Waals surface area contributed by atoms with Gasteiger partial charge in [0.15, 0.2) is 5.58 Å². The molecule has 0 amide bonds. The highest BCUT2D eigenvalue weighted by Crippen LogP contribution is 2.55. The van der Waals surface area contributed by atoms with Crippen molar-refractivity contribution in [3.05, 3.63) is 192 Å². The van der Waals surface area contributed by atoms with Gasteiger partial charge in [-0.2, -0.15) is 0 Å². The monoisotopic (exact) mass is 760 g/mol. The molecule has 0 atom stereocenters. The third-order valence-electron chi connectivity index (χ3n) is 13.1. The summed E-state index contributed by atoms with van der Waals surface area (Å²) in [5.41, 5.74) is 20.3. The standard InChI is InChI=1S/C55H40N2O2/c1-54(2)44-18-11-9-16-40(44)52-45(54)19-12-20-48(52)57(37-26-27-39-38-15-8-10-17-43(38)55(3,4)46(39)30-37)36-24-21-33(22-25-36)35-23-28-49-41(29-35)42-31-47-51(32-50(42)58-49)59-53(56-47)34-13-6-5-7-14-34/h5-32H,1-4H3. The van der Waals surface area contributed by atoms with E-state index >= 15 is 0 Å². The minimum absolute atomic E-state index is 0.113. The predicted octanol–water partition coefficient (Wildman–Crippen LogP) is 15.1. The summed E-state index contributed by atoms with van der Waals surface area (Å²) in [6.07, 6.45) is 0. The van der Waals surface area contributed by atoms with Crippen LogP contribution in [-0.2, 0) is 10.8 Å². The fourth-order valence-corrected chi connectivity index (χ4v) is 10.1. The second kappa shape index (κ2) is 12.2. The van der Waals surface area contributed by atoms with E-state index < -0.39 is 0 Å². The molecule has 0 saturated carbocycles. The maximum Gasteiger partial charge on any atom is 0.227 e. The number of hydrogen-bond donors (Lipinski definition) is 0. The molecule has 12 rings (SSSR count). The Labute approximate surface area is 343 Å². The van der Waals surface area contributed by atoms with Crippen LogP contribution in [0, 0.1) is 0 Å². The molecule has 8 aromatic carbocycles. The smallest absolute Gasteiger partial charge is 0.227 e. The third kappa shape index (κ3) is 4.93. The van der Waals surface area contributed by atoms with Gasteiger partial charge in [-0.3, -0.25) is 0 Å². The first-order valence-electron chi connectivity index (χ1n) is 20.4. The van der Waals surface area contributed by atoms with Gasteiger partial charge in [-0.15, -0.1) is 0 Å². The number of aromatic nitrogens is 1. The quantitative estimate of drug-likeness (QED) is 0.175. The lowest BCUT2D eigenvalue weighted by molar-refractivity contribution is 0.617. The molecule has 0 radical (unpaired) electrons. The van der Waals surface area contributed by atoms with Gasteiger partial charge in [-0.05, 0) is 111 Å². The summed E-state index contributed by atoms with van der Waals surface area (Å²) in [7, 11) is 0. The molecule has 0 bridgehead atoms. The Balaban J connectivity index is 0.985. The van der Waals surface area contributed by atoms with Crippen LogP contribution >= 0.6 is 0 Å². The van der Waals surface area contributed by atoms with E-state index in [4.69, 9.17) is 13.8 Å².